The van der Waals surface area contributed by atoms with Crippen LogP contribution in [0.3, 0.4) is 0 Å². The Morgan fingerprint density at radius 1 is 1.38 bits per heavy atom. The zero-order chi connectivity index (χ0) is 15.5. The van der Waals surface area contributed by atoms with Gasteiger partial charge in [0.25, 0.3) is 5.69 Å². The van der Waals surface area contributed by atoms with Crippen molar-refractivity contribution < 1.29 is 18.4 Å². The van der Waals surface area contributed by atoms with E-state index >= 15 is 0 Å². The number of nitrogens with one attached hydrogen (secondary N) is 1. The first-order valence-corrected chi connectivity index (χ1v) is 7.98. The predicted molar refractivity (Wildman–Crippen MR) is 75.3 cm³/mol. The smallest absolute Gasteiger partial charge is 0.269 e. The van der Waals surface area contributed by atoms with Crippen molar-refractivity contribution in [2.75, 3.05) is 26.2 Å². The Labute approximate surface area is 122 Å². The molecule has 9 heteroatoms. The SMILES string of the molecule is O=[N+]([O-])c1ccc(S(=O)(=O)N2CCCNC[C@H]2CO)cc1. The lowest BCUT2D eigenvalue weighted by atomic mass is 10.3. The first kappa shape index (κ1) is 15.8. The third kappa shape index (κ3) is 3.38. The van der Waals surface area contributed by atoms with Crippen LogP contribution >= 0.6 is 0 Å². The molecule has 2 N–H and O–H groups in total. The summed E-state index contributed by atoms with van der Waals surface area (Å²) in [6, 6.07) is 4.24. The molecule has 0 bridgehead atoms. The molecule has 0 unspecified atom stereocenters. The standard InChI is InChI=1S/C12H17N3O5S/c16-9-11-8-13-6-1-7-14(11)21(19,20)12-4-2-10(3-5-12)15(17)18/h2-5,11,13,16H,1,6-9H2/t11-/m0/s1. The maximum Gasteiger partial charge on any atom is 0.269 e. The topological polar surface area (TPSA) is 113 Å². The molecule has 0 amide bonds. The number of benzene rings is 1. The molecule has 1 saturated heterocycles. The largest absolute Gasteiger partial charge is 0.395 e. The number of nitrogens with zero attached hydrogens (tertiary/aromatic N) is 2. The maximum absolute atomic E-state index is 12.6. The molecule has 2 rings (SSSR count). The first-order chi connectivity index (χ1) is 9.96. The second-order valence-electron chi connectivity index (χ2n) is 4.76. The quantitative estimate of drug-likeness (QED) is 0.594. The molecule has 116 valence electrons. The van der Waals surface area contributed by atoms with Crippen molar-refractivity contribution in [3.63, 3.8) is 0 Å². The third-order valence-electron chi connectivity index (χ3n) is 3.38. The van der Waals surface area contributed by atoms with E-state index in [2.05, 4.69) is 5.32 Å². The van der Waals surface area contributed by atoms with Gasteiger partial charge in [0.1, 0.15) is 0 Å². The predicted octanol–water partition coefficient (Wildman–Crippen LogP) is -0.0603. The van der Waals surface area contributed by atoms with Crippen LogP contribution in [0.15, 0.2) is 29.2 Å². The number of rotatable bonds is 4. The summed E-state index contributed by atoms with van der Waals surface area (Å²) in [5.74, 6) is 0. The van der Waals surface area contributed by atoms with Gasteiger partial charge < -0.3 is 10.4 Å². The highest BCUT2D eigenvalue weighted by atomic mass is 32.2. The summed E-state index contributed by atoms with van der Waals surface area (Å²) in [6.07, 6.45) is 0.642. The number of aliphatic hydroxyl groups excluding tert-OH is 1. The summed E-state index contributed by atoms with van der Waals surface area (Å²) >= 11 is 0. The fourth-order valence-electron chi connectivity index (χ4n) is 2.26. The zero-order valence-corrected chi connectivity index (χ0v) is 12.1. The Morgan fingerprint density at radius 2 is 2.05 bits per heavy atom. The van der Waals surface area contributed by atoms with Crippen molar-refractivity contribution in [3.05, 3.63) is 34.4 Å². The highest BCUT2D eigenvalue weighted by Gasteiger charge is 2.32. The summed E-state index contributed by atoms with van der Waals surface area (Å²) < 4.78 is 26.5. The maximum atomic E-state index is 12.6. The monoisotopic (exact) mass is 315 g/mol. The van der Waals surface area contributed by atoms with Crippen LogP contribution in [-0.2, 0) is 10.0 Å². The Morgan fingerprint density at radius 3 is 2.62 bits per heavy atom. The van der Waals surface area contributed by atoms with E-state index < -0.39 is 21.0 Å². The molecule has 1 heterocycles. The normalized spacial score (nSPS) is 20.9. The summed E-state index contributed by atoms with van der Waals surface area (Å²) in [4.78, 5) is 10.0. The Hall–Kier alpha value is -1.55. The molecular weight excluding hydrogens is 298 g/mol. The number of hydrogen-bond donors (Lipinski definition) is 2. The lowest BCUT2D eigenvalue weighted by Gasteiger charge is -2.27. The van der Waals surface area contributed by atoms with Crippen molar-refractivity contribution in [3.8, 4) is 0 Å². The summed E-state index contributed by atoms with van der Waals surface area (Å²) in [6.45, 7) is 1.09. The summed E-state index contributed by atoms with van der Waals surface area (Å²) in [7, 11) is -3.78. The number of aliphatic hydroxyl groups is 1. The van der Waals surface area contributed by atoms with Gasteiger partial charge in [-0.3, -0.25) is 10.1 Å². The molecule has 0 radical (unpaired) electrons. The molecular formula is C12H17N3O5S. The highest BCUT2D eigenvalue weighted by molar-refractivity contribution is 7.89. The van der Waals surface area contributed by atoms with Crippen LogP contribution in [-0.4, -0.2) is 55.0 Å². The van der Waals surface area contributed by atoms with Gasteiger partial charge in [0.05, 0.1) is 22.5 Å². The Bertz CT molecular complexity index is 602. The van der Waals surface area contributed by atoms with Crippen molar-refractivity contribution in [2.45, 2.75) is 17.4 Å². The number of nitro benzene ring substituents is 1. The molecule has 0 aromatic heterocycles. The molecule has 1 aliphatic heterocycles. The average molecular weight is 315 g/mol. The van der Waals surface area contributed by atoms with Crippen molar-refractivity contribution in [1.82, 2.24) is 9.62 Å². The van der Waals surface area contributed by atoms with E-state index in [0.29, 0.717) is 26.1 Å². The van der Waals surface area contributed by atoms with Crippen molar-refractivity contribution in [1.29, 1.82) is 0 Å². The average Bonchev–Trinajstić information content (AvgIpc) is 2.72. The van der Waals surface area contributed by atoms with Gasteiger partial charge in [-0.25, -0.2) is 8.42 Å². The molecule has 8 nitrogen and oxygen atoms in total. The van der Waals surface area contributed by atoms with E-state index in [1.54, 1.807) is 0 Å². The van der Waals surface area contributed by atoms with Gasteiger partial charge in [0.15, 0.2) is 0 Å². The molecule has 0 aliphatic carbocycles. The van der Waals surface area contributed by atoms with Crippen LogP contribution < -0.4 is 5.32 Å². The van der Waals surface area contributed by atoms with E-state index in [-0.39, 0.29) is 17.2 Å². The minimum absolute atomic E-state index is 0.00606. The van der Waals surface area contributed by atoms with Gasteiger partial charge in [-0.2, -0.15) is 4.31 Å². The van der Waals surface area contributed by atoms with Crippen LogP contribution in [0.4, 0.5) is 5.69 Å². The summed E-state index contributed by atoms with van der Waals surface area (Å²) in [5, 5.41) is 23.1. The zero-order valence-electron chi connectivity index (χ0n) is 11.3. The van der Waals surface area contributed by atoms with Gasteiger partial charge in [-0.1, -0.05) is 0 Å². The molecule has 1 atom stereocenters. The lowest BCUT2D eigenvalue weighted by Crippen LogP contribution is -2.45. The lowest BCUT2D eigenvalue weighted by molar-refractivity contribution is -0.384. The van der Waals surface area contributed by atoms with E-state index in [0.717, 1.165) is 12.1 Å². The van der Waals surface area contributed by atoms with Crippen LogP contribution in [0, 0.1) is 10.1 Å². The molecule has 1 aromatic rings. The highest BCUT2D eigenvalue weighted by Crippen LogP contribution is 2.22. The molecule has 21 heavy (non-hydrogen) atoms. The van der Waals surface area contributed by atoms with E-state index in [1.165, 1.54) is 16.4 Å². The number of sulfonamides is 1. The first-order valence-electron chi connectivity index (χ1n) is 6.54. The van der Waals surface area contributed by atoms with Gasteiger partial charge in [-0.05, 0) is 25.1 Å². The molecule has 1 aromatic carbocycles. The van der Waals surface area contributed by atoms with E-state index in [1.807, 2.05) is 0 Å². The van der Waals surface area contributed by atoms with Gasteiger partial charge in [-0.15, -0.1) is 0 Å². The number of nitro groups is 1. The number of non-ortho nitro benzene ring substituents is 1. The van der Waals surface area contributed by atoms with Crippen LogP contribution in [0.2, 0.25) is 0 Å². The number of hydrogen-bond acceptors (Lipinski definition) is 6. The Balaban J connectivity index is 2.32. The minimum atomic E-state index is -3.78. The second-order valence-corrected chi connectivity index (χ2v) is 6.65. The molecule has 0 spiro atoms. The fourth-order valence-corrected chi connectivity index (χ4v) is 3.91. The van der Waals surface area contributed by atoms with Gasteiger partial charge >= 0.3 is 0 Å². The van der Waals surface area contributed by atoms with Crippen molar-refractivity contribution >= 4 is 15.7 Å². The molecule has 1 fully saturated rings. The van der Waals surface area contributed by atoms with Crippen LogP contribution in [0.25, 0.3) is 0 Å². The molecule has 0 saturated carbocycles. The molecule has 1 aliphatic rings. The van der Waals surface area contributed by atoms with Crippen molar-refractivity contribution in [2.24, 2.45) is 0 Å². The van der Waals surface area contributed by atoms with Gasteiger partial charge in [0, 0.05) is 25.2 Å². The third-order valence-corrected chi connectivity index (χ3v) is 5.35. The van der Waals surface area contributed by atoms with Gasteiger partial charge in [0.2, 0.25) is 10.0 Å². The van der Waals surface area contributed by atoms with Crippen LogP contribution in [0.1, 0.15) is 6.42 Å². The Kier molecular flexibility index (Phi) is 4.88. The fraction of sp³-hybridized carbons (Fsp3) is 0.500. The van der Waals surface area contributed by atoms with E-state index in [9.17, 15) is 23.6 Å². The summed E-state index contributed by atoms with van der Waals surface area (Å²) in [5.41, 5.74) is -0.162. The van der Waals surface area contributed by atoms with Crippen LogP contribution in [0.5, 0.6) is 0 Å². The second kappa shape index (κ2) is 6.48. The van der Waals surface area contributed by atoms with E-state index in [4.69, 9.17) is 0 Å². The minimum Gasteiger partial charge on any atom is -0.395 e.